The van der Waals surface area contributed by atoms with Crippen molar-refractivity contribution in [3.63, 3.8) is 0 Å². The van der Waals surface area contributed by atoms with Crippen molar-refractivity contribution in [2.75, 3.05) is 27.0 Å². The third kappa shape index (κ3) is 4.19. The molecule has 21 heavy (non-hydrogen) atoms. The molecule has 0 spiro atoms. The molecule has 0 aliphatic heterocycles. The minimum absolute atomic E-state index is 0.190. The van der Waals surface area contributed by atoms with Crippen LogP contribution in [0.3, 0.4) is 0 Å². The van der Waals surface area contributed by atoms with Crippen LogP contribution in [0.5, 0.6) is 11.5 Å². The zero-order valence-electron chi connectivity index (χ0n) is 12.6. The Bertz CT molecular complexity index is 542. The van der Waals surface area contributed by atoms with E-state index in [4.69, 9.17) is 13.9 Å². The lowest BCUT2D eigenvalue weighted by molar-refractivity contribution is 0.394. The van der Waals surface area contributed by atoms with E-state index in [0.29, 0.717) is 0 Å². The van der Waals surface area contributed by atoms with Gasteiger partial charge >= 0.3 is 0 Å². The topological polar surface area (TPSA) is 43.6 Å². The van der Waals surface area contributed by atoms with Gasteiger partial charge in [0, 0.05) is 17.4 Å². The molecule has 0 bridgehead atoms. The molecular weight excluding hydrogens is 286 g/mol. The number of benzene rings is 1. The number of hydrogen-bond donors (Lipinski definition) is 1. The molecule has 0 aliphatic rings. The van der Waals surface area contributed by atoms with Crippen molar-refractivity contribution in [3.05, 3.63) is 47.9 Å². The predicted octanol–water partition coefficient (Wildman–Crippen LogP) is 3.49. The van der Waals surface area contributed by atoms with Gasteiger partial charge in [-0.25, -0.2) is 0 Å². The van der Waals surface area contributed by atoms with Gasteiger partial charge in [0.2, 0.25) is 0 Å². The molecule has 5 heteroatoms. The van der Waals surface area contributed by atoms with E-state index in [1.807, 2.05) is 49.1 Å². The van der Waals surface area contributed by atoms with Crippen LogP contribution in [0.1, 0.15) is 17.4 Å². The Kier molecular flexibility index (Phi) is 6.02. The first-order chi connectivity index (χ1) is 10.3. The molecule has 1 atom stereocenters. The highest BCUT2D eigenvalue weighted by Gasteiger charge is 2.16. The Morgan fingerprint density at radius 3 is 2.71 bits per heavy atom. The molecule has 0 aliphatic carbocycles. The third-order valence-corrected chi connectivity index (χ3v) is 4.33. The monoisotopic (exact) mass is 307 g/mol. The molecule has 0 amide bonds. The highest BCUT2D eigenvalue weighted by molar-refractivity contribution is 7.98. The van der Waals surface area contributed by atoms with E-state index < -0.39 is 0 Å². The minimum atomic E-state index is 0.190. The Morgan fingerprint density at radius 2 is 2.10 bits per heavy atom. The van der Waals surface area contributed by atoms with E-state index in [1.54, 1.807) is 20.5 Å². The van der Waals surface area contributed by atoms with E-state index in [9.17, 15) is 0 Å². The van der Waals surface area contributed by atoms with Gasteiger partial charge in [-0.1, -0.05) is 0 Å². The summed E-state index contributed by atoms with van der Waals surface area (Å²) in [7, 11) is 5.32. The van der Waals surface area contributed by atoms with E-state index >= 15 is 0 Å². The number of nitrogens with one attached hydrogen (secondary N) is 1. The van der Waals surface area contributed by atoms with Crippen molar-refractivity contribution in [1.82, 2.24) is 5.32 Å². The van der Waals surface area contributed by atoms with Crippen LogP contribution in [0.4, 0.5) is 0 Å². The molecule has 0 saturated heterocycles. The summed E-state index contributed by atoms with van der Waals surface area (Å²) in [5, 5.41) is 3.34. The second-order valence-corrected chi connectivity index (χ2v) is 5.57. The maximum absolute atomic E-state index is 5.46. The van der Waals surface area contributed by atoms with Gasteiger partial charge in [-0.05, 0) is 37.4 Å². The Morgan fingerprint density at radius 1 is 1.24 bits per heavy atom. The summed E-state index contributed by atoms with van der Waals surface area (Å²) in [5.41, 5.74) is 1.10. The van der Waals surface area contributed by atoms with Crippen molar-refractivity contribution in [1.29, 1.82) is 0 Å². The van der Waals surface area contributed by atoms with Crippen LogP contribution >= 0.6 is 11.8 Å². The molecule has 114 valence electrons. The number of hydrogen-bond acceptors (Lipinski definition) is 5. The van der Waals surface area contributed by atoms with Crippen molar-refractivity contribution >= 4 is 11.8 Å². The van der Waals surface area contributed by atoms with Gasteiger partial charge in [0.15, 0.2) is 0 Å². The van der Waals surface area contributed by atoms with Crippen LogP contribution in [-0.4, -0.2) is 27.0 Å². The number of ether oxygens (including phenoxy) is 2. The summed E-state index contributed by atoms with van der Waals surface area (Å²) in [6.45, 7) is 0. The summed E-state index contributed by atoms with van der Waals surface area (Å²) < 4.78 is 16.1. The minimum Gasteiger partial charge on any atom is -0.497 e. The van der Waals surface area contributed by atoms with Crippen LogP contribution in [0.25, 0.3) is 0 Å². The van der Waals surface area contributed by atoms with Crippen LogP contribution < -0.4 is 14.8 Å². The fourth-order valence-electron chi connectivity index (χ4n) is 2.11. The first-order valence-corrected chi connectivity index (χ1v) is 7.93. The van der Waals surface area contributed by atoms with Crippen LogP contribution in [0.2, 0.25) is 0 Å². The van der Waals surface area contributed by atoms with Crippen LogP contribution in [0, 0.1) is 0 Å². The normalized spacial score (nSPS) is 12.1. The molecule has 0 saturated carbocycles. The zero-order chi connectivity index (χ0) is 15.1. The smallest absolute Gasteiger partial charge is 0.123 e. The summed E-state index contributed by atoms with van der Waals surface area (Å²) in [4.78, 5) is 0. The standard InChI is InChI=1S/C16H21NO3S/c1-17-15(11-21-10-13-5-4-8-20-13)14-9-12(18-2)6-7-16(14)19-3/h4-9,15,17H,10-11H2,1-3H3. The van der Waals surface area contributed by atoms with Gasteiger partial charge in [0.1, 0.15) is 17.3 Å². The van der Waals surface area contributed by atoms with Crippen LogP contribution in [-0.2, 0) is 5.75 Å². The Balaban J connectivity index is 2.05. The number of furan rings is 1. The summed E-state index contributed by atoms with van der Waals surface area (Å²) in [5.74, 6) is 4.47. The molecular formula is C16H21NO3S. The fourth-order valence-corrected chi connectivity index (χ4v) is 3.18. The van der Waals surface area contributed by atoms with Crippen LogP contribution in [0.15, 0.2) is 41.0 Å². The molecule has 0 radical (unpaired) electrons. The fraction of sp³-hybridized carbons (Fsp3) is 0.375. The van der Waals surface area contributed by atoms with E-state index in [1.165, 1.54) is 0 Å². The SMILES string of the molecule is CNC(CSCc1ccco1)c1cc(OC)ccc1OC. The third-order valence-electron chi connectivity index (χ3n) is 3.27. The maximum atomic E-state index is 5.46. The van der Waals surface area contributed by atoms with Gasteiger partial charge in [-0.3, -0.25) is 0 Å². The second-order valence-electron chi connectivity index (χ2n) is 4.54. The van der Waals surface area contributed by atoms with Gasteiger partial charge in [0.25, 0.3) is 0 Å². The lowest BCUT2D eigenvalue weighted by Crippen LogP contribution is -2.19. The van der Waals surface area contributed by atoms with E-state index in [-0.39, 0.29) is 6.04 Å². The van der Waals surface area contributed by atoms with E-state index in [0.717, 1.165) is 34.3 Å². The first kappa shape index (κ1) is 15.8. The largest absolute Gasteiger partial charge is 0.497 e. The summed E-state index contributed by atoms with van der Waals surface area (Å²) in [6, 6.07) is 9.97. The van der Waals surface area contributed by atoms with E-state index in [2.05, 4.69) is 5.32 Å². The van der Waals surface area contributed by atoms with Gasteiger partial charge in [0.05, 0.1) is 26.2 Å². The number of rotatable bonds is 8. The number of thioether (sulfide) groups is 1. The molecule has 0 fully saturated rings. The van der Waals surface area contributed by atoms with Crippen molar-refractivity contribution in [2.45, 2.75) is 11.8 Å². The maximum Gasteiger partial charge on any atom is 0.123 e. The van der Waals surface area contributed by atoms with Crippen molar-refractivity contribution in [3.8, 4) is 11.5 Å². The van der Waals surface area contributed by atoms with Gasteiger partial charge < -0.3 is 19.2 Å². The average Bonchev–Trinajstić information content (AvgIpc) is 3.04. The quantitative estimate of drug-likeness (QED) is 0.808. The lowest BCUT2D eigenvalue weighted by atomic mass is 10.1. The van der Waals surface area contributed by atoms with Gasteiger partial charge in [-0.15, -0.1) is 0 Å². The Labute approximate surface area is 129 Å². The highest BCUT2D eigenvalue weighted by Crippen LogP contribution is 2.31. The predicted molar refractivity (Wildman–Crippen MR) is 86.2 cm³/mol. The molecule has 4 nitrogen and oxygen atoms in total. The van der Waals surface area contributed by atoms with Crippen molar-refractivity contribution < 1.29 is 13.9 Å². The molecule has 1 unspecified atom stereocenters. The Hall–Kier alpha value is -1.59. The summed E-state index contributed by atoms with van der Waals surface area (Å²) >= 11 is 1.82. The molecule has 1 aromatic heterocycles. The zero-order valence-corrected chi connectivity index (χ0v) is 13.4. The van der Waals surface area contributed by atoms with Crippen molar-refractivity contribution in [2.24, 2.45) is 0 Å². The molecule has 1 heterocycles. The average molecular weight is 307 g/mol. The first-order valence-electron chi connectivity index (χ1n) is 6.77. The highest BCUT2D eigenvalue weighted by atomic mass is 32.2. The molecule has 1 aromatic carbocycles. The molecule has 1 N–H and O–H groups in total. The molecule has 2 aromatic rings. The second kappa shape index (κ2) is 8.00. The van der Waals surface area contributed by atoms with Gasteiger partial charge in [-0.2, -0.15) is 11.8 Å². The molecule has 2 rings (SSSR count). The lowest BCUT2D eigenvalue weighted by Gasteiger charge is -2.19. The number of methoxy groups -OCH3 is 2. The summed E-state index contributed by atoms with van der Waals surface area (Å²) in [6.07, 6.45) is 1.70.